The van der Waals surface area contributed by atoms with Gasteiger partial charge in [-0.1, -0.05) is 45.6 Å². The van der Waals surface area contributed by atoms with Crippen molar-refractivity contribution < 1.29 is 4.79 Å². The molecule has 0 saturated heterocycles. The number of carbonyl (C=O) groups is 1. The number of Topliss-reactive ketones (excluding diaryl/α,β-unsaturated/α-hetero) is 1. The molecule has 0 aromatic heterocycles. The van der Waals surface area contributed by atoms with Crippen LogP contribution in [-0.4, -0.2) is 5.78 Å². The van der Waals surface area contributed by atoms with Gasteiger partial charge in [-0.15, -0.1) is 0 Å². The highest BCUT2D eigenvalue weighted by atomic mass is 16.1. The van der Waals surface area contributed by atoms with E-state index in [0.29, 0.717) is 11.7 Å². The third-order valence-corrected chi connectivity index (χ3v) is 4.62. The Morgan fingerprint density at radius 3 is 2.13 bits per heavy atom. The summed E-state index contributed by atoms with van der Waals surface area (Å²) < 4.78 is 0. The maximum atomic E-state index is 11.8. The first-order chi connectivity index (χ1) is 7.17. The van der Waals surface area contributed by atoms with Crippen molar-refractivity contribution in [1.82, 2.24) is 0 Å². The summed E-state index contributed by atoms with van der Waals surface area (Å²) in [4.78, 5) is 11.8. The van der Waals surface area contributed by atoms with E-state index >= 15 is 0 Å². The zero-order valence-electron chi connectivity index (χ0n) is 9.85. The van der Waals surface area contributed by atoms with Crippen LogP contribution in [0.5, 0.6) is 0 Å². The van der Waals surface area contributed by atoms with Crippen molar-refractivity contribution in [3.63, 3.8) is 0 Å². The highest BCUT2D eigenvalue weighted by molar-refractivity contribution is 5.98. The average molecular weight is 206 g/mol. The molecule has 1 spiro atoms. The van der Waals surface area contributed by atoms with E-state index < -0.39 is 0 Å². The first-order valence-corrected chi connectivity index (χ1v) is 6.39. The largest absolute Gasteiger partial charge is 0.295 e. The minimum absolute atomic E-state index is 0.192. The topological polar surface area (TPSA) is 17.1 Å². The number of allylic oxidation sites excluding steroid dienone is 1. The molecule has 0 bridgehead atoms. The van der Waals surface area contributed by atoms with Crippen LogP contribution in [0.1, 0.15) is 58.3 Å². The summed E-state index contributed by atoms with van der Waals surface area (Å²) in [5.41, 5.74) is 1.15. The highest BCUT2D eigenvalue weighted by Crippen LogP contribution is 2.52. The molecule has 0 N–H and O–H groups in total. The molecule has 2 saturated carbocycles. The lowest BCUT2D eigenvalue weighted by molar-refractivity contribution is -0.114. The van der Waals surface area contributed by atoms with Gasteiger partial charge in [0.1, 0.15) is 0 Å². The number of rotatable bonds is 0. The first kappa shape index (κ1) is 10.9. The molecule has 0 aromatic rings. The summed E-state index contributed by atoms with van der Waals surface area (Å²) >= 11 is 0. The second kappa shape index (κ2) is 4.11. The Kier molecular flexibility index (Phi) is 2.99. The SMILES string of the molecule is C=C1C(=O)CC(C)C12CCCCCCC2. The Labute approximate surface area is 92.9 Å². The van der Waals surface area contributed by atoms with E-state index in [1.807, 2.05) is 0 Å². The van der Waals surface area contributed by atoms with Crippen molar-refractivity contribution in [1.29, 1.82) is 0 Å². The minimum Gasteiger partial charge on any atom is -0.295 e. The summed E-state index contributed by atoms with van der Waals surface area (Å²) in [7, 11) is 0. The van der Waals surface area contributed by atoms with Crippen molar-refractivity contribution in [3.8, 4) is 0 Å². The lowest BCUT2D eigenvalue weighted by atomic mass is 9.68. The van der Waals surface area contributed by atoms with Crippen molar-refractivity contribution in [2.45, 2.75) is 58.3 Å². The highest BCUT2D eigenvalue weighted by Gasteiger charge is 2.46. The van der Waals surface area contributed by atoms with Crippen LogP contribution in [0.2, 0.25) is 0 Å². The van der Waals surface area contributed by atoms with Gasteiger partial charge >= 0.3 is 0 Å². The molecule has 0 amide bonds. The van der Waals surface area contributed by atoms with Crippen molar-refractivity contribution in [2.75, 3.05) is 0 Å². The second-order valence-electron chi connectivity index (χ2n) is 5.43. The van der Waals surface area contributed by atoms with Crippen LogP contribution in [0.25, 0.3) is 0 Å². The van der Waals surface area contributed by atoms with E-state index in [1.165, 1.54) is 44.9 Å². The summed E-state index contributed by atoms with van der Waals surface area (Å²) in [5.74, 6) is 0.874. The van der Waals surface area contributed by atoms with E-state index in [0.717, 1.165) is 12.0 Å². The molecule has 15 heavy (non-hydrogen) atoms. The Morgan fingerprint density at radius 2 is 1.67 bits per heavy atom. The Hall–Kier alpha value is -0.590. The zero-order chi connectivity index (χ0) is 10.9. The number of hydrogen-bond donors (Lipinski definition) is 0. The predicted molar refractivity (Wildman–Crippen MR) is 62.7 cm³/mol. The molecule has 2 rings (SSSR count). The fourth-order valence-corrected chi connectivity index (χ4v) is 3.50. The molecule has 2 fully saturated rings. The third kappa shape index (κ3) is 1.77. The molecule has 84 valence electrons. The van der Waals surface area contributed by atoms with Crippen LogP contribution in [-0.2, 0) is 4.79 Å². The number of hydrogen-bond acceptors (Lipinski definition) is 1. The Morgan fingerprint density at radius 1 is 1.13 bits per heavy atom. The quantitative estimate of drug-likeness (QED) is 0.550. The van der Waals surface area contributed by atoms with E-state index in [1.54, 1.807) is 0 Å². The van der Waals surface area contributed by atoms with E-state index in [-0.39, 0.29) is 5.41 Å². The number of carbonyl (C=O) groups excluding carboxylic acids is 1. The van der Waals surface area contributed by atoms with Gasteiger partial charge in [0, 0.05) is 11.8 Å². The molecule has 2 aliphatic carbocycles. The van der Waals surface area contributed by atoms with E-state index in [4.69, 9.17) is 0 Å². The molecule has 0 heterocycles. The first-order valence-electron chi connectivity index (χ1n) is 6.39. The van der Waals surface area contributed by atoms with E-state index in [2.05, 4.69) is 13.5 Å². The normalized spacial score (nSPS) is 31.7. The van der Waals surface area contributed by atoms with Gasteiger partial charge in [0.05, 0.1) is 0 Å². The zero-order valence-corrected chi connectivity index (χ0v) is 9.85. The number of ketones is 1. The summed E-state index contributed by atoms with van der Waals surface area (Å²) in [6, 6.07) is 0. The molecule has 0 aliphatic heterocycles. The van der Waals surface area contributed by atoms with Gasteiger partial charge in [-0.05, 0) is 24.3 Å². The van der Waals surface area contributed by atoms with Gasteiger partial charge in [-0.3, -0.25) is 4.79 Å². The predicted octanol–water partition coefficient (Wildman–Crippen LogP) is 3.88. The molecule has 1 unspecified atom stereocenters. The maximum absolute atomic E-state index is 11.8. The lowest BCUT2D eigenvalue weighted by Crippen LogP contribution is -2.26. The average Bonchev–Trinajstić information content (AvgIpc) is 2.35. The van der Waals surface area contributed by atoms with Crippen LogP contribution in [0.3, 0.4) is 0 Å². The molecular weight excluding hydrogens is 184 g/mol. The Bertz CT molecular complexity index is 269. The standard InChI is InChI=1S/C14H22O/c1-11-10-13(15)12(2)14(11)8-6-4-3-5-7-9-14/h11H,2-10H2,1H3. The molecule has 2 aliphatic rings. The molecule has 0 aromatic carbocycles. The Balaban J connectivity index is 2.21. The van der Waals surface area contributed by atoms with Crippen LogP contribution in [0, 0.1) is 11.3 Å². The monoisotopic (exact) mass is 206 g/mol. The lowest BCUT2D eigenvalue weighted by Gasteiger charge is -2.36. The maximum Gasteiger partial charge on any atom is 0.159 e. The van der Waals surface area contributed by atoms with Crippen molar-refractivity contribution in [3.05, 3.63) is 12.2 Å². The molecule has 1 nitrogen and oxygen atoms in total. The van der Waals surface area contributed by atoms with Crippen LogP contribution in [0.15, 0.2) is 12.2 Å². The molecular formula is C14H22O. The fourth-order valence-electron chi connectivity index (χ4n) is 3.50. The molecule has 1 heteroatoms. The van der Waals surface area contributed by atoms with Crippen LogP contribution in [0.4, 0.5) is 0 Å². The third-order valence-electron chi connectivity index (χ3n) is 4.62. The fraction of sp³-hybridized carbons (Fsp3) is 0.786. The van der Waals surface area contributed by atoms with Crippen molar-refractivity contribution in [2.24, 2.45) is 11.3 Å². The van der Waals surface area contributed by atoms with Gasteiger partial charge < -0.3 is 0 Å². The van der Waals surface area contributed by atoms with E-state index in [9.17, 15) is 4.79 Å². The smallest absolute Gasteiger partial charge is 0.159 e. The van der Waals surface area contributed by atoms with Gasteiger partial charge in [-0.25, -0.2) is 0 Å². The summed E-state index contributed by atoms with van der Waals surface area (Å²) in [6.07, 6.45) is 9.81. The van der Waals surface area contributed by atoms with Crippen LogP contribution >= 0.6 is 0 Å². The minimum atomic E-state index is 0.192. The second-order valence-corrected chi connectivity index (χ2v) is 5.43. The summed E-state index contributed by atoms with van der Waals surface area (Å²) in [6.45, 7) is 6.33. The van der Waals surface area contributed by atoms with Gasteiger partial charge in [0.2, 0.25) is 0 Å². The van der Waals surface area contributed by atoms with Gasteiger partial charge in [0.15, 0.2) is 5.78 Å². The van der Waals surface area contributed by atoms with Gasteiger partial charge in [0.25, 0.3) is 0 Å². The van der Waals surface area contributed by atoms with Crippen LogP contribution < -0.4 is 0 Å². The molecule has 1 atom stereocenters. The molecule has 0 radical (unpaired) electrons. The van der Waals surface area contributed by atoms with Gasteiger partial charge in [-0.2, -0.15) is 0 Å². The summed E-state index contributed by atoms with van der Waals surface area (Å²) in [5, 5.41) is 0. The van der Waals surface area contributed by atoms with Crippen molar-refractivity contribution >= 4 is 5.78 Å².